The van der Waals surface area contributed by atoms with Crippen LogP contribution in [0, 0.1) is 0 Å². The van der Waals surface area contributed by atoms with Crippen LogP contribution in [0.3, 0.4) is 0 Å². The number of hydrogen-bond donors (Lipinski definition) is 0. The second-order valence-electron chi connectivity index (χ2n) is 4.80. The zero-order valence-corrected chi connectivity index (χ0v) is 10.8. The molecule has 0 aliphatic rings. The van der Waals surface area contributed by atoms with Crippen molar-refractivity contribution in [3.8, 4) is 0 Å². The molecule has 0 aromatic rings. The number of rotatable bonds is 9. The SMILES string of the molecule is CCCCC[N+](C)(CC)CCCCC. The predicted molar refractivity (Wildman–Crippen MR) is 65.5 cm³/mol. The molecule has 0 spiro atoms. The van der Waals surface area contributed by atoms with E-state index in [-0.39, 0.29) is 0 Å². The van der Waals surface area contributed by atoms with Crippen molar-refractivity contribution in [3.05, 3.63) is 0 Å². The summed E-state index contributed by atoms with van der Waals surface area (Å²) in [6.07, 6.45) is 8.32. The number of quaternary nitrogens is 1. The normalized spacial score (nSPS) is 12.0. The van der Waals surface area contributed by atoms with E-state index in [1.54, 1.807) is 0 Å². The van der Waals surface area contributed by atoms with Gasteiger partial charge >= 0.3 is 0 Å². The van der Waals surface area contributed by atoms with Crippen molar-refractivity contribution >= 4 is 0 Å². The standard InChI is InChI=1S/C13H30N/c1-5-8-10-12-14(4,7-3)13-11-9-6-2/h5-13H2,1-4H3/q+1. The summed E-state index contributed by atoms with van der Waals surface area (Å²) in [6.45, 7) is 11.0. The smallest absolute Gasteiger partial charge is 0.0784 e. The first-order valence-corrected chi connectivity index (χ1v) is 6.52. The van der Waals surface area contributed by atoms with Gasteiger partial charge in [-0.05, 0) is 32.6 Å². The van der Waals surface area contributed by atoms with Crippen LogP contribution in [0.15, 0.2) is 0 Å². The highest BCUT2D eigenvalue weighted by Crippen LogP contribution is 2.09. The summed E-state index contributed by atoms with van der Waals surface area (Å²) in [7, 11) is 2.42. The summed E-state index contributed by atoms with van der Waals surface area (Å²) in [5.41, 5.74) is 0. The molecule has 0 bridgehead atoms. The van der Waals surface area contributed by atoms with E-state index in [1.807, 2.05) is 0 Å². The minimum atomic E-state index is 1.29. The lowest BCUT2D eigenvalue weighted by molar-refractivity contribution is -0.908. The third-order valence-corrected chi connectivity index (χ3v) is 3.37. The van der Waals surface area contributed by atoms with Gasteiger partial charge in [0.2, 0.25) is 0 Å². The van der Waals surface area contributed by atoms with E-state index >= 15 is 0 Å². The van der Waals surface area contributed by atoms with E-state index in [0.29, 0.717) is 0 Å². The summed E-state index contributed by atoms with van der Waals surface area (Å²) in [4.78, 5) is 0. The Labute approximate surface area is 91.1 Å². The molecule has 0 aliphatic carbocycles. The molecule has 0 aromatic carbocycles. The van der Waals surface area contributed by atoms with E-state index < -0.39 is 0 Å². The molecule has 0 aromatic heterocycles. The fourth-order valence-electron chi connectivity index (χ4n) is 1.92. The molecule has 0 N–H and O–H groups in total. The van der Waals surface area contributed by atoms with Crippen LogP contribution in [-0.4, -0.2) is 31.2 Å². The maximum Gasteiger partial charge on any atom is 0.0784 e. The Morgan fingerprint density at radius 2 is 1.14 bits per heavy atom. The van der Waals surface area contributed by atoms with Crippen molar-refractivity contribution in [2.75, 3.05) is 26.7 Å². The molecule has 0 saturated carbocycles. The molecule has 0 heterocycles. The van der Waals surface area contributed by atoms with E-state index in [4.69, 9.17) is 0 Å². The summed E-state index contributed by atoms with van der Waals surface area (Å²) >= 11 is 0. The minimum Gasteiger partial charge on any atom is -0.326 e. The fourth-order valence-corrected chi connectivity index (χ4v) is 1.92. The number of hydrogen-bond acceptors (Lipinski definition) is 0. The van der Waals surface area contributed by atoms with Crippen molar-refractivity contribution in [1.82, 2.24) is 0 Å². The third-order valence-electron chi connectivity index (χ3n) is 3.37. The number of unbranched alkanes of at least 4 members (excludes halogenated alkanes) is 4. The molecular formula is C13H30N+. The van der Waals surface area contributed by atoms with Gasteiger partial charge in [-0.3, -0.25) is 0 Å². The van der Waals surface area contributed by atoms with E-state index in [1.165, 1.54) is 62.6 Å². The van der Waals surface area contributed by atoms with E-state index in [2.05, 4.69) is 27.8 Å². The highest BCUT2D eigenvalue weighted by Gasteiger charge is 2.17. The van der Waals surface area contributed by atoms with Gasteiger partial charge < -0.3 is 4.48 Å². The molecule has 0 radical (unpaired) electrons. The molecule has 1 heteroatoms. The van der Waals surface area contributed by atoms with Gasteiger partial charge in [0.05, 0.1) is 26.7 Å². The summed E-state index contributed by atoms with van der Waals surface area (Å²) < 4.78 is 1.29. The Balaban J connectivity index is 3.67. The highest BCUT2D eigenvalue weighted by atomic mass is 15.3. The topological polar surface area (TPSA) is 0 Å². The summed E-state index contributed by atoms with van der Waals surface area (Å²) in [5, 5.41) is 0. The number of nitrogens with zero attached hydrogens (tertiary/aromatic N) is 1. The van der Waals surface area contributed by atoms with Gasteiger partial charge in [0.25, 0.3) is 0 Å². The van der Waals surface area contributed by atoms with Crippen LogP contribution in [0.25, 0.3) is 0 Å². The molecule has 86 valence electrons. The molecule has 14 heavy (non-hydrogen) atoms. The van der Waals surface area contributed by atoms with Crippen LogP contribution in [0.2, 0.25) is 0 Å². The largest absolute Gasteiger partial charge is 0.326 e. The van der Waals surface area contributed by atoms with Crippen LogP contribution >= 0.6 is 0 Å². The summed E-state index contributed by atoms with van der Waals surface area (Å²) in [6, 6.07) is 0. The van der Waals surface area contributed by atoms with Crippen molar-refractivity contribution in [2.24, 2.45) is 0 Å². The zero-order chi connectivity index (χ0) is 10.9. The first-order valence-electron chi connectivity index (χ1n) is 6.52. The minimum absolute atomic E-state index is 1.29. The van der Waals surface area contributed by atoms with Gasteiger partial charge in [-0.15, -0.1) is 0 Å². The Kier molecular flexibility index (Phi) is 8.26. The van der Waals surface area contributed by atoms with Gasteiger partial charge in [0, 0.05) is 0 Å². The lowest BCUT2D eigenvalue weighted by atomic mass is 10.2. The highest BCUT2D eigenvalue weighted by molar-refractivity contribution is 4.43. The van der Waals surface area contributed by atoms with Crippen molar-refractivity contribution in [3.63, 3.8) is 0 Å². The molecule has 0 unspecified atom stereocenters. The summed E-state index contributed by atoms with van der Waals surface area (Å²) in [5.74, 6) is 0. The van der Waals surface area contributed by atoms with Gasteiger partial charge in [0.1, 0.15) is 0 Å². The van der Waals surface area contributed by atoms with E-state index in [9.17, 15) is 0 Å². The van der Waals surface area contributed by atoms with Gasteiger partial charge in [0.15, 0.2) is 0 Å². The first-order chi connectivity index (χ1) is 6.68. The Morgan fingerprint density at radius 1 is 0.714 bits per heavy atom. The van der Waals surface area contributed by atoms with Crippen LogP contribution in [0.5, 0.6) is 0 Å². The second kappa shape index (κ2) is 8.28. The molecule has 1 nitrogen and oxygen atoms in total. The maximum absolute atomic E-state index is 2.42. The first kappa shape index (κ1) is 14.0. The van der Waals surface area contributed by atoms with Gasteiger partial charge in [-0.2, -0.15) is 0 Å². The third kappa shape index (κ3) is 6.42. The maximum atomic E-state index is 2.42. The molecule has 0 saturated heterocycles. The van der Waals surface area contributed by atoms with Crippen LogP contribution in [0.1, 0.15) is 59.3 Å². The average Bonchev–Trinajstić information content (AvgIpc) is 2.19. The Morgan fingerprint density at radius 3 is 1.43 bits per heavy atom. The average molecular weight is 200 g/mol. The van der Waals surface area contributed by atoms with E-state index in [0.717, 1.165) is 0 Å². The van der Waals surface area contributed by atoms with Crippen molar-refractivity contribution in [2.45, 2.75) is 59.3 Å². The van der Waals surface area contributed by atoms with Crippen LogP contribution < -0.4 is 0 Å². The van der Waals surface area contributed by atoms with Crippen molar-refractivity contribution in [1.29, 1.82) is 0 Å². The molecule has 0 fully saturated rings. The lowest BCUT2D eigenvalue weighted by Gasteiger charge is -2.33. The van der Waals surface area contributed by atoms with Gasteiger partial charge in [-0.1, -0.05) is 26.7 Å². The lowest BCUT2D eigenvalue weighted by Crippen LogP contribution is -2.45. The van der Waals surface area contributed by atoms with Crippen molar-refractivity contribution < 1.29 is 4.48 Å². The zero-order valence-electron chi connectivity index (χ0n) is 10.8. The molecule has 0 aliphatic heterocycles. The molecular weight excluding hydrogens is 170 g/mol. The quantitative estimate of drug-likeness (QED) is 0.392. The monoisotopic (exact) mass is 200 g/mol. The molecule has 0 rings (SSSR count). The second-order valence-corrected chi connectivity index (χ2v) is 4.80. The van der Waals surface area contributed by atoms with Crippen LogP contribution in [0.4, 0.5) is 0 Å². The van der Waals surface area contributed by atoms with Gasteiger partial charge in [-0.25, -0.2) is 0 Å². The molecule has 0 atom stereocenters. The Hall–Kier alpha value is -0.0400. The molecule has 0 amide bonds. The fraction of sp³-hybridized carbons (Fsp3) is 1.00. The van der Waals surface area contributed by atoms with Crippen LogP contribution in [-0.2, 0) is 0 Å². The Bertz CT molecular complexity index is 110. The predicted octanol–water partition coefficient (Wildman–Crippen LogP) is 3.83.